The number of carboxylic acid groups (broad SMARTS) is 1. The zero-order valence-corrected chi connectivity index (χ0v) is 11.2. The van der Waals surface area contributed by atoms with Crippen LogP contribution in [0.2, 0.25) is 0 Å². The van der Waals surface area contributed by atoms with Gasteiger partial charge in [0.1, 0.15) is 11.4 Å². The molecular weight excluding hydrogens is 246 g/mol. The summed E-state index contributed by atoms with van der Waals surface area (Å²) in [6.07, 6.45) is 0.0994. The van der Waals surface area contributed by atoms with Gasteiger partial charge in [0, 0.05) is 4.91 Å². The number of carbonyl (C=O) groups is 1. The van der Waals surface area contributed by atoms with Crippen molar-refractivity contribution in [2.45, 2.75) is 38.8 Å². The van der Waals surface area contributed by atoms with Crippen LogP contribution in [0.1, 0.15) is 26.3 Å². The predicted octanol–water partition coefficient (Wildman–Crippen LogP) is 1.84. The van der Waals surface area contributed by atoms with Gasteiger partial charge in [-0.2, -0.15) is 0 Å². The van der Waals surface area contributed by atoms with Crippen molar-refractivity contribution in [1.29, 1.82) is 0 Å². The fourth-order valence-electron chi connectivity index (χ4n) is 1.50. The molecule has 1 aromatic rings. The van der Waals surface area contributed by atoms with E-state index in [1.54, 1.807) is 24.3 Å². The molecule has 1 rings (SSSR count). The van der Waals surface area contributed by atoms with Crippen molar-refractivity contribution in [2.24, 2.45) is 5.11 Å². The summed E-state index contributed by atoms with van der Waals surface area (Å²) in [5.74, 6) is -0.683. The summed E-state index contributed by atoms with van der Waals surface area (Å²) >= 11 is 0. The van der Waals surface area contributed by atoms with E-state index in [0.717, 1.165) is 5.56 Å². The molecule has 1 aromatic carbocycles. The fraction of sp³-hybridized carbons (Fsp3) is 0.462. The topological polar surface area (TPSA) is 98.1 Å². The first-order valence-corrected chi connectivity index (χ1v) is 5.85. The molecule has 6 heteroatoms. The Morgan fingerprint density at radius 2 is 2.00 bits per heavy atom. The second-order valence-electron chi connectivity index (χ2n) is 5.10. The van der Waals surface area contributed by atoms with E-state index in [0.29, 0.717) is 5.75 Å². The standard InChI is InChI=1S/C13H17N3O3/c1-13(2,3)19-10-6-4-9(5-7-10)8-11(12(17)18)15-16-14/h4-7,11H,8H2,1-3H3,(H,17,18)/p-1. The van der Waals surface area contributed by atoms with E-state index in [1.807, 2.05) is 20.8 Å². The number of azide groups is 1. The van der Waals surface area contributed by atoms with Gasteiger partial charge in [-0.1, -0.05) is 17.2 Å². The molecule has 0 amide bonds. The minimum atomic E-state index is -1.38. The zero-order valence-electron chi connectivity index (χ0n) is 11.2. The van der Waals surface area contributed by atoms with Gasteiger partial charge in [-0.05, 0) is 50.4 Å². The summed E-state index contributed by atoms with van der Waals surface area (Å²) in [5.41, 5.74) is 8.73. The Bertz CT molecular complexity index is 483. The largest absolute Gasteiger partial charge is 0.550 e. The van der Waals surface area contributed by atoms with E-state index >= 15 is 0 Å². The predicted molar refractivity (Wildman–Crippen MR) is 68.5 cm³/mol. The Hall–Kier alpha value is -2.20. The van der Waals surface area contributed by atoms with E-state index in [9.17, 15) is 9.90 Å². The summed E-state index contributed by atoms with van der Waals surface area (Å²) in [6.45, 7) is 5.82. The van der Waals surface area contributed by atoms with Crippen molar-refractivity contribution < 1.29 is 14.6 Å². The second kappa shape index (κ2) is 6.11. The van der Waals surface area contributed by atoms with Crippen LogP contribution in [0.25, 0.3) is 10.4 Å². The number of aliphatic carboxylic acids is 1. The minimum absolute atomic E-state index is 0.0994. The molecule has 19 heavy (non-hydrogen) atoms. The smallest absolute Gasteiger partial charge is 0.120 e. The molecule has 6 nitrogen and oxygen atoms in total. The average molecular weight is 262 g/mol. The lowest BCUT2D eigenvalue weighted by atomic mass is 10.1. The molecule has 0 saturated heterocycles. The van der Waals surface area contributed by atoms with Crippen LogP contribution in [0, 0.1) is 0 Å². The first kappa shape index (κ1) is 14.9. The van der Waals surface area contributed by atoms with E-state index in [-0.39, 0.29) is 12.0 Å². The molecule has 0 aliphatic heterocycles. The van der Waals surface area contributed by atoms with Crippen LogP contribution >= 0.6 is 0 Å². The monoisotopic (exact) mass is 262 g/mol. The van der Waals surface area contributed by atoms with Crippen molar-refractivity contribution in [3.8, 4) is 5.75 Å². The molecule has 102 valence electrons. The van der Waals surface area contributed by atoms with Crippen LogP contribution in [-0.2, 0) is 11.2 Å². The molecule has 0 spiro atoms. The molecule has 0 fully saturated rings. The van der Waals surface area contributed by atoms with E-state index in [4.69, 9.17) is 10.3 Å². The highest BCUT2D eigenvalue weighted by Crippen LogP contribution is 2.19. The van der Waals surface area contributed by atoms with Crippen LogP contribution < -0.4 is 9.84 Å². The molecule has 0 N–H and O–H groups in total. The lowest BCUT2D eigenvalue weighted by Crippen LogP contribution is -2.35. The van der Waals surface area contributed by atoms with Gasteiger partial charge in [0.05, 0.1) is 12.0 Å². The maximum atomic E-state index is 10.7. The van der Waals surface area contributed by atoms with Crippen molar-refractivity contribution in [1.82, 2.24) is 0 Å². The molecular formula is C13H16N3O3-. The van der Waals surface area contributed by atoms with Crippen molar-refractivity contribution in [2.75, 3.05) is 0 Å². The van der Waals surface area contributed by atoms with Crippen LogP contribution in [0.5, 0.6) is 5.75 Å². The van der Waals surface area contributed by atoms with Crippen LogP contribution in [0.15, 0.2) is 29.4 Å². The maximum Gasteiger partial charge on any atom is 0.120 e. The van der Waals surface area contributed by atoms with Gasteiger partial charge in [-0.3, -0.25) is 0 Å². The molecule has 1 atom stereocenters. The lowest BCUT2D eigenvalue weighted by molar-refractivity contribution is -0.307. The Kier molecular flexibility index (Phi) is 4.78. The minimum Gasteiger partial charge on any atom is -0.550 e. The maximum absolute atomic E-state index is 10.7. The molecule has 0 aromatic heterocycles. The van der Waals surface area contributed by atoms with Crippen LogP contribution in [-0.4, -0.2) is 17.6 Å². The normalized spacial score (nSPS) is 12.4. The third-order valence-electron chi connectivity index (χ3n) is 2.24. The van der Waals surface area contributed by atoms with Crippen molar-refractivity contribution in [3.63, 3.8) is 0 Å². The Labute approximate surface area is 111 Å². The van der Waals surface area contributed by atoms with E-state index in [1.165, 1.54) is 0 Å². The third kappa shape index (κ3) is 5.31. The summed E-state index contributed by atoms with van der Waals surface area (Å²) in [6, 6.07) is 5.79. The van der Waals surface area contributed by atoms with Crippen LogP contribution in [0.4, 0.5) is 0 Å². The molecule has 0 saturated carbocycles. The number of ether oxygens (including phenoxy) is 1. The van der Waals surface area contributed by atoms with Gasteiger partial charge in [-0.25, -0.2) is 0 Å². The SMILES string of the molecule is CC(C)(C)Oc1ccc(CC(N=[N+]=[N-])C(=O)[O-])cc1. The number of hydrogen-bond donors (Lipinski definition) is 0. The quantitative estimate of drug-likeness (QED) is 0.460. The number of nitrogens with zero attached hydrogens (tertiary/aromatic N) is 3. The van der Waals surface area contributed by atoms with Crippen molar-refractivity contribution >= 4 is 5.97 Å². The summed E-state index contributed by atoms with van der Waals surface area (Å²) in [7, 11) is 0. The van der Waals surface area contributed by atoms with E-state index in [2.05, 4.69) is 10.0 Å². The Morgan fingerprint density at radius 3 is 2.42 bits per heavy atom. The number of rotatable bonds is 5. The molecule has 1 unspecified atom stereocenters. The average Bonchev–Trinajstić information content (AvgIpc) is 2.29. The summed E-state index contributed by atoms with van der Waals surface area (Å²) in [4.78, 5) is 13.2. The van der Waals surface area contributed by atoms with Crippen LogP contribution in [0.3, 0.4) is 0 Å². The number of benzene rings is 1. The van der Waals surface area contributed by atoms with Gasteiger partial charge >= 0.3 is 0 Å². The zero-order chi connectivity index (χ0) is 14.5. The first-order chi connectivity index (χ1) is 8.81. The highest BCUT2D eigenvalue weighted by Gasteiger charge is 2.12. The number of hydrogen-bond acceptors (Lipinski definition) is 4. The first-order valence-electron chi connectivity index (χ1n) is 5.85. The fourth-order valence-corrected chi connectivity index (χ4v) is 1.50. The number of carbonyl (C=O) groups excluding carboxylic acids is 1. The Balaban J connectivity index is 2.76. The van der Waals surface area contributed by atoms with Gasteiger partial charge in [-0.15, -0.1) is 0 Å². The molecule has 0 aliphatic carbocycles. The lowest BCUT2D eigenvalue weighted by Gasteiger charge is -2.21. The molecule has 0 radical (unpaired) electrons. The van der Waals surface area contributed by atoms with E-state index < -0.39 is 12.0 Å². The number of carboxylic acids is 1. The van der Waals surface area contributed by atoms with Gasteiger partial charge in [0.25, 0.3) is 0 Å². The van der Waals surface area contributed by atoms with Crippen molar-refractivity contribution in [3.05, 3.63) is 40.3 Å². The summed E-state index contributed by atoms with van der Waals surface area (Å²) in [5, 5.41) is 13.9. The highest BCUT2D eigenvalue weighted by molar-refractivity contribution is 5.71. The molecule has 0 aliphatic rings. The van der Waals surface area contributed by atoms with Gasteiger partial charge < -0.3 is 14.6 Å². The van der Waals surface area contributed by atoms with Gasteiger partial charge in [0.15, 0.2) is 0 Å². The molecule has 0 heterocycles. The third-order valence-corrected chi connectivity index (χ3v) is 2.24. The molecule has 0 bridgehead atoms. The second-order valence-corrected chi connectivity index (χ2v) is 5.10. The highest BCUT2D eigenvalue weighted by atomic mass is 16.5. The summed E-state index contributed by atoms with van der Waals surface area (Å²) < 4.78 is 5.65. The van der Waals surface area contributed by atoms with Gasteiger partial charge in [0.2, 0.25) is 0 Å². The Morgan fingerprint density at radius 1 is 1.42 bits per heavy atom.